The van der Waals surface area contributed by atoms with Crippen LogP contribution in [0.1, 0.15) is 5.56 Å². The predicted octanol–water partition coefficient (Wildman–Crippen LogP) is 4.54. The molecule has 164 valence electrons. The third-order valence-electron chi connectivity index (χ3n) is 5.65. The Balaban J connectivity index is 1.60. The smallest absolute Gasteiger partial charge is 0.269 e. The van der Waals surface area contributed by atoms with Crippen molar-refractivity contribution in [3.8, 4) is 11.3 Å². The quantitative estimate of drug-likeness (QED) is 0.393. The van der Waals surface area contributed by atoms with Crippen molar-refractivity contribution in [3.63, 3.8) is 0 Å². The number of nitrogens with zero attached hydrogens (tertiary/aromatic N) is 3. The van der Waals surface area contributed by atoms with Gasteiger partial charge in [-0.2, -0.15) is 0 Å². The standard InChI is InChI=1S/C24H22BrN3O3S/c25-22-10-11-26-24-21(22)16-23(28(24)32(29,30)20-4-2-1-3-5-20)19-8-6-18(7-9-19)17-27-12-14-31-15-13-27/h1-11,16H,12-15,17H2. The first kappa shape index (κ1) is 21.3. The van der Waals surface area contributed by atoms with Gasteiger partial charge in [-0.1, -0.05) is 42.5 Å². The Bertz CT molecular complexity index is 1350. The molecule has 1 fully saturated rings. The summed E-state index contributed by atoms with van der Waals surface area (Å²) in [5.41, 5.74) is 2.99. The number of aromatic nitrogens is 2. The summed E-state index contributed by atoms with van der Waals surface area (Å²) in [6.07, 6.45) is 1.61. The third kappa shape index (κ3) is 3.99. The molecule has 0 spiro atoms. The lowest BCUT2D eigenvalue weighted by Crippen LogP contribution is -2.35. The highest BCUT2D eigenvalue weighted by Gasteiger charge is 2.25. The summed E-state index contributed by atoms with van der Waals surface area (Å²) in [5.74, 6) is 0. The lowest BCUT2D eigenvalue weighted by Gasteiger charge is -2.26. The van der Waals surface area contributed by atoms with Gasteiger partial charge in [0.05, 0.1) is 23.8 Å². The zero-order valence-corrected chi connectivity index (χ0v) is 19.7. The van der Waals surface area contributed by atoms with E-state index in [4.69, 9.17) is 4.74 Å². The van der Waals surface area contributed by atoms with Gasteiger partial charge in [0.25, 0.3) is 10.0 Å². The fourth-order valence-electron chi connectivity index (χ4n) is 3.98. The van der Waals surface area contributed by atoms with Gasteiger partial charge in [0.15, 0.2) is 5.65 Å². The molecular formula is C24H22BrN3O3S. The van der Waals surface area contributed by atoms with Gasteiger partial charge in [-0.05, 0) is 51.3 Å². The minimum absolute atomic E-state index is 0.226. The molecule has 2 aromatic heterocycles. The van der Waals surface area contributed by atoms with Crippen LogP contribution in [0.4, 0.5) is 0 Å². The molecule has 32 heavy (non-hydrogen) atoms. The molecule has 0 atom stereocenters. The number of fused-ring (bicyclic) bond motifs is 1. The Labute approximate surface area is 195 Å². The Morgan fingerprint density at radius 2 is 1.69 bits per heavy atom. The van der Waals surface area contributed by atoms with Crippen molar-refractivity contribution in [1.29, 1.82) is 0 Å². The second kappa shape index (κ2) is 8.78. The maximum atomic E-state index is 13.6. The lowest BCUT2D eigenvalue weighted by molar-refractivity contribution is 0.0342. The number of pyridine rings is 1. The van der Waals surface area contributed by atoms with Crippen LogP contribution in [0.15, 0.2) is 82.3 Å². The maximum absolute atomic E-state index is 13.6. The van der Waals surface area contributed by atoms with E-state index in [1.54, 1.807) is 36.5 Å². The minimum atomic E-state index is -3.84. The highest BCUT2D eigenvalue weighted by molar-refractivity contribution is 9.10. The average Bonchev–Trinajstić information content (AvgIpc) is 3.23. The van der Waals surface area contributed by atoms with Gasteiger partial charge in [-0.3, -0.25) is 4.90 Å². The number of hydrogen-bond acceptors (Lipinski definition) is 5. The van der Waals surface area contributed by atoms with Gasteiger partial charge in [-0.25, -0.2) is 17.4 Å². The predicted molar refractivity (Wildman–Crippen MR) is 128 cm³/mol. The van der Waals surface area contributed by atoms with E-state index in [-0.39, 0.29) is 4.90 Å². The first-order valence-corrected chi connectivity index (χ1v) is 12.6. The van der Waals surface area contributed by atoms with Crippen LogP contribution in [-0.2, 0) is 21.3 Å². The summed E-state index contributed by atoms with van der Waals surface area (Å²) < 4.78 is 34.8. The first-order chi connectivity index (χ1) is 15.5. The molecule has 8 heteroatoms. The number of halogens is 1. The Kier molecular flexibility index (Phi) is 5.86. The molecule has 2 aromatic carbocycles. The van der Waals surface area contributed by atoms with Gasteiger partial charge >= 0.3 is 0 Å². The second-order valence-corrected chi connectivity index (χ2v) is 10.4. The van der Waals surface area contributed by atoms with Crippen molar-refractivity contribution < 1.29 is 13.2 Å². The number of hydrogen-bond donors (Lipinski definition) is 0. The van der Waals surface area contributed by atoms with Crippen molar-refractivity contribution in [2.45, 2.75) is 11.4 Å². The SMILES string of the molecule is O=S(=O)(c1ccccc1)n1c(-c2ccc(CN3CCOCC3)cc2)cc2c(Br)ccnc21. The number of morpholine rings is 1. The Morgan fingerprint density at radius 3 is 2.41 bits per heavy atom. The summed E-state index contributed by atoms with van der Waals surface area (Å²) in [6.45, 7) is 4.22. The first-order valence-electron chi connectivity index (χ1n) is 10.4. The molecule has 3 heterocycles. The number of rotatable bonds is 5. The van der Waals surface area contributed by atoms with Crippen LogP contribution in [0, 0.1) is 0 Å². The minimum Gasteiger partial charge on any atom is -0.379 e. The Hall–Kier alpha value is -2.52. The fraction of sp³-hybridized carbons (Fsp3) is 0.208. The summed E-state index contributed by atoms with van der Waals surface area (Å²) in [4.78, 5) is 6.99. The van der Waals surface area contributed by atoms with Crippen LogP contribution >= 0.6 is 15.9 Å². The van der Waals surface area contributed by atoms with Crippen molar-refractivity contribution in [3.05, 3.63) is 83.0 Å². The van der Waals surface area contributed by atoms with Crippen molar-refractivity contribution in [2.24, 2.45) is 0 Å². The van der Waals surface area contributed by atoms with Gasteiger partial charge in [0.1, 0.15) is 0 Å². The normalized spacial score (nSPS) is 15.3. The molecule has 0 saturated carbocycles. The molecular weight excluding hydrogens is 490 g/mol. The molecule has 1 saturated heterocycles. The van der Waals surface area contributed by atoms with E-state index in [9.17, 15) is 8.42 Å². The van der Waals surface area contributed by atoms with Crippen LogP contribution in [0.3, 0.4) is 0 Å². The molecule has 0 unspecified atom stereocenters. The number of ether oxygens (including phenoxy) is 1. The molecule has 0 aliphatic carbocycles. The summed E-state index contributed by atoms with van der Waals surface area (Å²) >= 11 is 3.54. The van der Waals surface area contributed by atoms with E-state index in [0.717, 1.165) is 48.3 Å². The van der Waals surface area contributed by atoms with Crippen molar-refractivity contribution >= 4 is 37.0 Å². The Morgan fingerprint density at radius 1 is 0.969 bits per heavy atom. The van der Waals surface area contributed by atoms with E-state index >= 15 is 0 Å². The highest BCUT2D eigenvalue weighted by Crippen LogP contribution is 2.34. The van der Waals surface area contributed by atoms with E-state index in [0.29, 0.717) is 11.3 Å². The topological polar surface area (TPSA) is 64.4 Å². The zero-order valence-electron chi connectivity index (χ0n) is 17.3. The number of benzene rings is 2. The molecule has 5 rings (SSSR count). The van der Waals surface area contributed by atoms with Crippen LogP contribution in [0.25, 0.3) is 22.3 Å². The van der Waals surface area contributed by atoms with Gasteiger partial charge in [0.2, 0.25) is 0 Å². The molecule has 1 aliphatic heterocycles. The second-order valence-electron chi connectivity index (χ2n) is 7.73. The maximum Gasteiger partial charge on any atom is 0.269 e. The average molecular weight is 512 g/mol. The van der Waals surface area contributed by atoms with E-state index < -0.39 is 10.0 Å². The molecule has 0 radical (unpaired) electrons. The van der Waals surface area contributed by atoms with Gasteiger partial charge in [-0.15, -0.1) is 0 Å². The largest absolute Gasteiger partial charge is 0.379 e. The monoisotopic (exact) mass is 511 g/mol. The van der Waals surface area contributed by atoms with Crippen LogP contribution < -0.4 is 0 Å². The highest BCUT2D eigenvalue weighted by atomic mass is 79.9. The molecule has 4 aromatic rings. The third-order valence-corrected chi connectivity index (χ3v) is 8.06. The zero-order chi connectivity index (χ0) is 22.1. The van der Waals surface area contributed by atoms with E-state index in [2.05, 4.69) is 37.9 Å². The van der Waals surface area contributed by atoms with Gasteiger partial charge in [0, 0.05) is 35.7 Å². The molecule has 0 N–H and O–H groups in total. The summed E-state index contributed by atoms with van der Waals surface area (Å²) in [6, 6.07) is 20.2. The summed E-state index contributed by atoms with van der Waals surface area (Å²) in [7, 11) is -3.84. The molecule has 0 amide bonds. The van der Waals surface area contributed by atoms with Crippen LogP contribution in [0.5, 0.6) is 0 Å². The molecule has 0 bridgehead atoms. The lowest BCUT2D eigenvalue weighted by atomic mass is 10.1. The van der Waals surface area contributed by atoms with Crippen molar-refractivity contribution in [2.75, 3.05) is 26.3 Å². The van der Waals surface area contributed by atoms with Crippen LogP contribution in [-0.4, -0.2) is 48.6 Å². The molecule has 1 aliphatic rings. The van der Waals surface area contributed by atoms with E-state index in [1.807, 2.05) is 24.3 Å². The fourth-order valence-corrected chi connectivity index (χ4v) is 5.90. The van der Waals surface area contributed by atoms with Crippen molar-refractivity contribution in [1.82, 2.24) is 13.9 Å². The van der Waals surface area contributed by atoms with Crippen LogP contribution in [0.2, 0.25) is 0 Å². The van der Waals surface area contributed by atoms with Gasteiger partial charge < -0.3 is 4.74 Å². The molecule has 6 nitrogen and oxygen atoms in total. The summed E-state index contributed by atoms with van der Waals surface area (Å²) in [5, 5.41) is 0.749. The van der Waals surface area contributed by atoms with E-state index in [1.165, 1.54) is 9.54 Å².